The van der Waals surface area contributed by atoms with Crippen LogP contribution in [0.5, 0.6) is 5.75 Å². The Morgan fingerprint density at radius 1 is 1.00 bits per heavy atom. The standard InChI is InChI=1S/C21H13F6N3O/c1-2-16-20(19-14(23)6-11(31)7-15(19)24)30-9-17(28-8-18(30)29-16)10-3-4-13(22)12(5-10)21(25,26)27/h3-9,31H,2H2,1H3. The minimum absolute atomic E-state index is 0.0129. The summed E-state index contributed by atoms with van der Waals surface area (Å²) in [5.74, 6) is -4.09. The van der Waals surface area contributed by atoms with Crippen LogP contribution in [0.1, 0.15) is 18.2 Å². The molecule has 0 amide bonds. The third-order valence-corrected chi connectivity index (χ3v) is 4.75. The molecule has 0 atom stereocenters. The number of benzene rings is 2. The summed E-state index contributed by atoms with van der Waals surface area (Å²) in [6, 6.07) is 3.90. The maximum atomic E-state index is 14.5. The number of imidazole rings is 1. The number of hydrogen-bond donors (Lipinski definition) is 1. The van der Waals surface area contributed by atoms with E-state index in [1.807, 2.05) is 0 Å². The first-order chi connectivity index (χ1) is 14.6. The van der Waals surface area contributed by atoms with Crippen molar-refractivity contribution in [3.05, 3.63) is 71.4 Å². The molecule has 0 aliphatic carbocycles. The van der Waals surface area contributed by atoms with Crippen LogP contribution in [0.2, 0.25) is 0 Å². The molecule has 10 heteroatoms. The number of alkyl halides is 3. The number of rotatable bonds is 3. The molecule has 0 aliphatic heterocycles. The Morgan fingerprint density at radius 2 is 1.68 bits per heavy atom. The van der Waals surface area contributed by atoms with Crippen LogP contribution >= 0.6 is 0 Å². The molecule has 0 fully saturated rings. The molecule has 1 N–H and O–H groups in total. The molecular formula is C21H13F6N3O. The minimum Gasteiger partial charge on any atom is -0.508 e. The van der Waals surface area contributed by atoms with E-state index in [-0.39, 0.29) is 22.6 Å². The minimum atomic E-state index is -4.90. The molecule has 0 spiro atoms. The molecule has 0 radical (unpaired) electrons. The predicted octanol–water partition coefficient (Wildman–Crippen LogP) is 5.77. The maximum absolute atomic E-state index is 14.5. The average Bonchev–Trinajstić information content (AvgIpc) is 3.04. The molecule has 4 rings (SSSR count). The number of phenols is 1. The van der Waals surface area contributed by atoms with Gasteiger partial charge in [-0.05, 0) is 24.6 Å². The lowest BCUT2D eigenvalue weighted by Gasteiger charge is -2.11. The van der Waals surface area contributed by atoms with Crippen LogP contribution in [0, 0.1) is 17.5 Å². The first-order valence-electron chi connectivity index (χ1n) is 9.02. The average molecular weight is 437 g/mol. The van der Waals surface area contributed by atoms with Gasteiger partial charge in [-0.2, -0.15) is 13.2 Å². The summed E-state index contributed by atoms with van der Waals surface area (Å²) in [6.45, 7) is 1.71. The third-order valence-electron chi connectivity index (χ3n) is 4.75. The second-order valence-corrected chi connectivity index (χ2v) is 6.74. The van der Waals surface area contributed by atoms with Crippen LogP contribution in [-0.4, -0.2) is 19.5 Å². The fourth-order valence-corrected chi connectivity index (χ4v) is 3.35. The molecule has 0 unspecified atom stereocenters. The van der Waals surface area contributed by atoms with E-state index in [1.54, 1.807) is 6.92 Å². The molecule has 0 aliphatic rings. The Bertz CT molecular complexity index is 1290. The quantitative estimate of drug-likeness (QED) is 0.414. The predicted molar refractivity (Wildman–Crippen MR) is 99.8 cm³/mol. The van der Waals surface area contributed by atoms with Gasteiger partial charge in [0, 0.05) is 23.9 Å². The van der Waals surface area contributed by atoms with Gasteiger partial charge in [-0.3, -0.25) is 9.38 Å². The number of phenolic OH excluding ortho intramolecular Hbond substituents is 1. The highest BCUT2D eigenvalue weighted by Gasteiger charge is 2.34. The monoisotopic (exact) mass is 437 g/mol. The van der Waals surface area contributed by atoms with Crippen molar-refractivity contribution in [2.45, 2.75) is 19.5 Å². The van der Waals surface area contributed by atoms with E-state index >= 15 is 0 Å². The SMILES string of the molecule is CCc1nc2cnc(-c3ccc(F)c(C(F)(F)F)c3)cn2c1-c1c(F)cc(O)cc1F. The fraction of sp³-hybridized carbons (Fsp3) is 0.143. The summed E-state index contributed by atoms with van der Waals surface area (Å²) in [5, 5.41) is 9.43. The molecule has 4 aromatic rings. The number of hydrogen-bond acceptors (Lipinski definition) is 3. The molecule has 2 heterocycles. The number of fused-ring (bicyclic) bond motifs is 1. The summed E-state index contributed by atoms with van der Waals surface area (Å²) in [5.41, 5.74) is -1.37. The van der Waals surface area contributed by atoms with Gasteiger partial charge in [0.15, 0.2) is 5.65 Å². The van der Waals surface area contributed by atoms with Gasteiger partial charge in [0.05, 0.1) is 34.4 Å². The molecule has 0 saturated heterocycles. The van der Waals surface area contributed by atoms with E-state index in [1.165, 1.54) is 16.8 Å². The van der Waals surface area contributed by atoms with Gasteiger partial charge in [-0.15, -0.1) is 0 Å². The van der Waals surface area contributed by atoms with Gasteiger partial charge in [-0.25, -0.2) is 18.2 Å². The Hall–Kier alpha value is -3.56. The second kappa shape index (κ2) is 7.29. The van der Waals surface area contributed by atoms with Crippen molar-refractivity contribution in [1.29, 1.82) is 0 Å². The van der Waals surface area contributed by atoms with Crippen LogP contribution in [0.25, 0.3) is 28.2 Å². The lowest BCUT2D eigenvalue weighted by Crippen LogP contribution is -2.08. The lowest BCUT2D eigenvalue weighted by atomic mass is 10.1. The van der Waals surface area contributed by atoms with Gasteiger partial charge < -0.3 is 5.11 Å². The Morgan fingerprint density at radius 3 is 2.29 bits per heavy atom. The molecule has 4 nitrogen and oxygen atoms in total. The number of halogens is 6. The van der Waals surface area contributed by atoms with Gasteiger partial charge in [0.25, 0.3) is 0 Å². The van der Waals surface area contributed by atoms with E-state index in [2.05, 4.69) is 9.97 Å². The normalized spacial score (nSPS) is 12.0. The lowest BCUT2D eigenvalue weighted by molar-refractivity contribution is -0.139. The van der Waals surface area contributed by atoms with E-state index in [0.29, 0.717) is 24.2 Å². The highest BCUT2D eigenvalue weighted by molar-refractivity contribution is 5.71. The van der Waals surface area contributed by atoms with Crippen LogP contribution < -0.4 is 0 Å². The fourth-order valence-electron chi connectivity index (χ4n) is 3.35. The van der Waals surface area contributed by atoms with E-state index in [9.17, 15) is 31.4 Å². The largest absolute Gasteiger partial charge is 0.508 e. The smallest absolute Gasteiger partial charge is 0.419 e. The highest BCUT2D eigenvalue weighted by atomic mass is 19.4. The second-order valence-electron chi connectivity index (χ2n) is 6.74. The van der Waals surface area contributed by atoms with Crippen LogP contribution in [0.3, 0.4) is 0 Å². The van der Waals surface area contributed by atoms with Gasteiger partial charge >= 0.3 is 6.18 Å². The summed E-state index contributed by atoms with van der Waals surface area (Å²) < 4.78 is 83.2. The van der Waals surface area contributed by atoms with Crippen molar-refractivity contribution in [2.24, 2.45) is 0 Å². The Balaban J connectivity index is 1.97. The molecule has 160 valence electrons. The first kappa shape index (κ1) is 20.7. The number of nitrogens with zero attached hydrogens (tertiary/aromatic N) is 3. The van der Waals surface area contributed by atoms with Crippen LogP contribution in [0.15, 0.2) is 42.7 Å². The Labute approximate surface area is 171 Å². The van der Waals surface area contributed by atoms with Gasteiger partial charge in [0.2, 0.25) is 0 Å². The van der Waals surface area contributed by atoms with Gasteiger partial charge in [-0.1, -0.05) is 6.92 Å². The summed E-state index contributed by atoms with van der Waals surface area (Å²) >= 11 is 0. The van der Waals surface area contributed by atoms with Crippen molar-refractivity contribution < 1.29 is 31.4 Å². The van der Waals surface area contributed by atoms with Crippen LogP contribution in [-0.2, 0) is 12.6 Å². The third kappa shape index (κ3) is 3.58. The van der Waals surface area contributed by atoms with Crippen molar-refractivity contribution in [2.75, 3.05) is 0 Å². The van der Waals surface area contributed by atoms with Crippen molar-refractivity contribution in [3.63, 3.8) is 0 Å². The zero-order valence-electron chi connectivity index (χ0n) is 15.8. The van der Waals surface area contributed by atoms with E-state index in [0.717, 1.165) is 18.2 Å². The molecule has 2 aromatic carbocycles. The zero-order valence-corrected chi connectivity index (χ0v) is 15.8. The number of aromatic nitrogens is 3. The summed E-state index contributed by atoms with van der Waals surface area (Å²) in [6.07, 6.45) is -2.10. The number of aryl methyl sites for hydroxylation is 1. The highest BCUT2D eigenvalue weighted by Crippen LogP contribution is 2.36. The number of aromatic hydroxyl groups is 1. The molecule has 0 saturated carbocycles. The van der Waals surface area contributed by atoms with Gasteiger partial charge in [0.1, 0.15) is 23.2 Å². The first-order valence-corrected chi connectivity index (χ1v) is 9.02. The van der Waals surface area contributed by atoms with Crippen LogP contribution in [0.4, 0.5) is 26.3 Å². The molecule has 2 aromatic heterocycles. The topological polar surface area (TPSA) is 50.4 Å². The Kier molecular flexibility index (Phi) is 4.87. The van der Waals surface area contributed by atoms with Crippen molar-refractivity contribution in [3.8, 4) is 28.3 Å². The van der Waals surface area contributed by atoms with E-state index in [4.69, 9.17) is 0 Å². The molecule has 31 heavy (non-hydrogen) atoms. The molecular weight excluding hydrogens is 424 g/mol. The molecule has 0 bridgehead atoms. The van der Waals surface area contributed by atoms with E-state index < -0.39 is 40.5 Å². The zero-order chi connectivity index (χ0) is 22.5. The summed E-state index contributed by atoms with van der Waals surface area (Å²) in [7, 11) is 0. The van der Waals surface area contributed by atoms with Crippen molar-refractivity contribution in [1.82, 2.24) is 14.4 Å². The maximum Gasteiger partial charge on any atom is 0.419 e. The van der Waals surface area contributed by atoms with Crippen molar-refractivity contribution >= 4 is 5.65 Å². The summed E-state index contributed by atoms with van der Waals surface area (Å²) in [4.78, 5) is 8.35.